The van der Waals surface area contributed by atoms with Crippen molar-refractivity contribution in [2.24, 2.45) is 0 Å². The van der Waals surface area contributed by atoms with E-state index in [2.05, 4.69) is 10.2 Å². The number of nitrogens with one attached hydrogen (secondary N) is 1. The van der Waals surface area contributed by atoms with E-state index in [4.69, 9.17) is 0 Å². The van der Waals surface area contributed by atoms with Crippen molar-refractivity contribution >= 4 is 16.8 Å². The first-order valence-corrected chi connectivity index (χ1v) is 8.97. The van der Waals surface area contributed by atoms with Crippen molar-refractivity contribution < 1.29 is 14.1 Å². The van der Waals surface area contributed by atoms with Crippen LogP contribution in [0.5, 0.6) is 0 Å². The quantitative estimate of drug-likeness (QED) is 0.702. The van der Waals surface area contributed by atoms with Crippen molar-refractivity contribution in [3.63, 3.8) is 0 Å². The minimum absolute atomic E-state index is 0.156. The second kappa shape index (κ2) is 8.10. The highest BCUT2D eigenvalue weighted by Gasteiger charge is 2.36. The topological polar surface area (TPSA) is 69.6 Å². The Morgan fingerprint density at radius 3 is 2.45 bits per heavy atom. The molecule has 0 aromatic rings. The molecule has 1 unspecified atom stereocenters. The molecule has 1 aliphatic heterocycles. The standard InChI is InChI=1S/C14H28N2O3S/c1-4-14(13(17)18,15-12(2)3)6-5-7-16-8-10-20(19)11-9-16/h12,15H,4-11H2,1-3H3,(H,17,18). The van der Waals surface area contributed by atoms with Crippen LogP contribution in [-0.4, -0.2) is 62.9 Å². The number of carboxylic acids is 1. The maximum Gasteiger partial charge on any atom is 0.323 e. The van der Waals surface area contributed by atoms with E-state index in [9.17, 15) is 14.1 Å². The minimum atomic E-state index is -0.813. The average Bonchev–Trinajstić information content (AvgIpc) is 2.39. The van der Waals surface area contributed by atoms with Crippen LogP contribution in [0.1, 0.15) is 40.0 Å². The van der Waals surface area contributed by atoms with E-state index in [0.29, 0.717) is 12.8 Å². The normalized spacial score (nSPS) is 21.0. The van der Waals surface area contributed by atoms with Gasteiger partial charge in [0, 0.05) is 41.4 Å². The van der Waals surface area contributed by atoms with Crippen LogP contribution in [-0.2, 0) is 15.6 Å². The summed E-state index contributed by atoms with van der Waals surface area (Å²) in [4.78, 5) is 13.9. The first-order chi connectivity index (χ1) is 9.39. The second-order valence-electron chi connectivity index (χ2n) is 5.83. The Balaban J connectivity index is 2.46. The van der Waals surface area contributed by atoms with Crippen molar-refractivity contribution in [3.8, 4) is 0 Å². The van der Waals surface area contributed by atoms with Crippen LogP contribution in [0.25, 0.3) is 0 Å². The number of carboxylic acid groups (broad SMARTS) is 1. The fraction of sp³-hybridized carbons (Fsp3) is 0.929. The average molecular weight is 304 g/mol. The third kappa shape index (κ3) is 5.14. The Morgan fingerprint density at radius 2 is 2.00 bits per heavy atom. The molecule has 5 nitrogen and oxygen atoms in total. The van der Waals surface area contributed by atoms with Gasteiger partial charge in [0.05, 0.1) is 0 Å². The van der Waals surface area contributed by atoms with Gasteiger partial charge in [-0.15, -0.1) is 0 Å². The summed E-state index contributed by atoms with van der Waals surface area (Å²) >= 11 is 0. The van der Waals surface area contributed by atoms with Gasteiger partial charge in [-0.3, -0.25) is 14.3 Å². The first kappa shape index (κ1) is 17.6. The maximum absolute atomic E-state index is 11.6. The van der Waals surface area contributed by atoms with E-state index in [-0.39, 0.29) is 6.04 Å². The van der Waals surface area contributed by atoms with E-state index >= 15 is 0 Å². The molecular formula is C14H28N2O3S. The minimum Gasteiger partial charge on any atom is -0.480 e. The molecule has 0 bridgehead atoms. The predicted octanol–water partition coefficient (Wildman–Crippen LogP) is 1.06. The summed E-state index contributed by atoms with van der Waals surface area (Å²) in [5, 5.41) is 12.7. The largest absolute Gasteiger partial charge is 0.480 e. The van der Waals surface area contributed by atoms with Gasteiger partial charge in [0.15, 0.2) is 0 Å². The molecule has 0 saturated carbocycles. The summed E-state index contributed by atoms with van der Waals surface area (Å²) in [7, 11) is -0.648. The second-order valence-corrected chi connectivity index (χ2v) is 7.53. The molecule has 1 aliphatic rings. The van der Waals surface area contributed by atoms with Crippen LogP contribution in [0.2, 0.25) is 0 Å². The molecule has 0 amide bonds. The molecule has 0 aromatic carbocycles. The highest BCUT2D eigenvalue weighted by molar-refractivity contribution is 7.85. The van der Waals surface area contributed by atoms with E-state index in [0.717, 1.165) is 37.6 Å². The summed E-state index contributed by atoms with van der Waals surface area (Å²) < 4.78 is 11.3. The van der Waals surface area contributed by atoms with Crippen molar-refractivity contribution in [3.05, 3.63) is 0 Å². The van der Waals surface area contributed by atoms with Crippen molar-refractivity contribution in [2.45, 2.75) is 51.6 Å². The van der Waals surface area contributed by atoms with Gasteiger partial charge < -0.3 is 10.0 Å². The van der Waals surface area contributed by atoms with E-state index in [1.807, 2.05) is 20.8 Å². The smallest absolute Gasteiger partial charge is 0.323 e. The fourth-order valence-electron chi connectivity index (χ4n) is 2.73. The number of rotatable bonds is 8. The molecule has 1 heterocycles. The Labute approximate surface area is 124 Å². The van der Waals surface area contributed by atoms with Gasteiger partial charge in [-0.1, -0.05) is 6.92 Å². The summed E-state index contributed by atoms with van der Waals surface area (Å²) in [5.74, 6) is 0.748. The Kier molecular flexibility index (Phi) is 7.12. The summed E-state index contributed by atoms with van der Waals surface area (Å²) in [6, 6.07) is 0.156. The number of hydrogen-bond donors (Lipinski definition) is 2. The molecule has 118 valence electrons. The number of hydrogen-bond acceptors (Lipinski definition) is 4. The van der Waals surface area contributed by atoms with Crippen LogP contribution in [0.4, 0.5) is 0 Å². The van der Waals surface area contributed by atoms with Gasteiger partial charge in [0.25, 0.3) is 0 Å². The van der Waals surface area contributed by atoms with Gasteiger partial charge in [0.2, 0.25) is 0 Å². The highest BCUT2D eigenvalue weighted by Crippen LogP contribution is 2.19. The molecule has 0 spiro atoms. The predicted molar refractivity (Wildman–Crippen MR) is 82.5 cm³/mol. The lowest BCUT2D eigenvalue weighted by molar-refractivity contribution is -0.145. The van der Waals surface area contributed by atoms with Crippen LogP contribution in [0, 0.1) is 0 Å². The molecule has 1 rings (SSSR count). The lowest BCUT2D eigenvalue weighted by Gasteiger charge is -2.33. The van der Waals surface area contributed by atoms with E-state index in [1.165, 1.54) is 0 Å². The highest BCUT2D eigenvalue weighted by atomic mass is 32.2. The van der Waals surface area contributed by atoms with Crippen molar-refractivity contribution in [2.75, 3.05) is 31.1 Å². The number of aliphatic carboxylic acids is 1. The van der Waals surface area contributed by atoms with Gasteiger partial charge in [-0.05, 0) is 39.7 Å². The molecule has 20 heavy (non-hydrogen) atoms. The summed E-state index contributed by atoms with van der Waals surface area (Å²) in [6.07, 6.45) is 2.08. The Bertz CT molecular complexity index is 339. The molecule has 1 saturated heterocycles. The molecule has 2 N–H and O–H groups in total. The molecule has 1 atom stereocenters. The monoisotopic (exact) mass is 304 g/mol. The Morgan fingerprint density at radius 1 is 1.40 bits per heavy atom. The zero-order chi connectivity index (χ0) is 15.2. The van der Waals surface area contributed by atoms with Crippen LogP contribution < -0.4 is 5.32 Å². The van der Waals surface area contributed by atoms with E-state index in [1.54, 1.807) is 0 Å². The summed E-state index contributed by atoms with van der Waals surface area (Å²) in [5.41, 5.74) is -0.813. The molecule has 1 fully saturated rings. The molecule has 0 aliphatic carbocycles. The van der Waals surface area contributed by atoms with Gasteiger partial charge >= 0.3 is 5.97 Å². The van der Waals surface area contributed by atoms with Crippen molar-refractivity contribution in [1.82, 2.24) is 10.2 Å². The van der Waals surface area contributed by atoms with Gasteiger partial charge in [-0.2, -0.15) is 0 Å². The molecule has 6 heteroatoms. The molecule has 0 aromatic heterocycles. The third-order valence-electron chi connectivity index (χ3n) is 3.93. The molecular weight excluding hydrogens is 276 g/mol. The van der Waals surface area contributed by atoms with Gasteiger partial charge in [-0.25, -0.2) is 0 Å². The lowest BCUT2D eigenvalue weighted by Crippen LogP contribution is -2.54. The third-order valence-corrected chi connectivity index (χ3v) is 5.20. The van der Waals surface area contributed by atoms with Crippen LogP contribution in [0.15, 0.2) is 0 Å². The molecule has 0 radical (unpaired) electrons. The lowest BCUT2D eigenvalue weighted by atomic mass is 9.89. The Hall–Kier alpha value is -0.460. The maximum atomic E-state index is 11.6. The van der Waals surface area contributed by atoms with Crippen LogP contribution in [0.3, 0.4) is 0 Å². The van der Waals surface area contributed by atoms with Crippen LogP contribution >= 0.6 is 0 Å². The SMILES string of the molecule is CCC(CCCN1CCS(=O)CC1)(NC(C)C)C(=O)O. The zero-order valence-electron chi connectivity index (χ0n) is 12.9. The summed E-state index contributed by atoms with van der Waals surface area (Å²) in [6.45, 7) is 8.52. The van der Waals surface area contributed by atoms with Crippen molar-refractivity contribution in [1.29, 1.82) is 0 Å². The number of nitrogens with zero attached hydrogens (tertiary/aromatic N) is 1. The number of carbonyl (C=O) groups is 1. The fourth-order valence-corrected chi connectivity index (χ4v) is 3.86. The zero-order valence-corrected chi connectivity index (χ0v) is 13.7. The van der Waals surface area contributed by atoms with E-state index < -0.39 is 22.3 Å². The van der Waals surface area contributed by atoms with Gasteiger partial charge in [0.1, 0.15) is 5.54 Å². The first-order valence-electron chi connectivity index (χ1n) is 7.48.